The molecule has 0 aromatic heterocycles. The van der Waals surface area contributed by atoms with Gasteiger partial charge in [-0.15, -0.1) is 0 Å². The number of sulfonamides is 1. The fourth-order valence-electron chi connectivity index (χ4n) is 2.70. The number of amides is 2. The number of thioether (sulfide) groups is 1. The molecule has 0 fully saturated rings. The average Bonchev–Trinajstić information content (AvgIpc) is 2.79. The number of rotatable bonds is 8. The Balaban J connectivity index is 2.29. The molecule has 0 aliphatic heterocycles. The maximum atomic E-state index is 13.1. The summed E-state index contributed by atoms with van der Waals surface area (Å²) in [7, 11) is -5.04. The topological polar surface area (TPSA) is 104 Å². The van der Waals surface area contributed by atoms with Gasteiger partial charge in [-0.05, 0) is 60.9 Å². The summed E-state index contributed by atoms with van der Waals surface area (Å²) < 4.78 is 106. The summed E-state index contributed by atoms with van der Waals surface area (Å²) in [6.07, 6.45) is -9.12. The average molecular weight is 578 g/mol. The molecule has 0 bridgehead atoms. The highest BCUT2D eigenvalue weighted by Crippen LogP contribution is 2.37. The highest BCUT2D eigenvalue weighted by atomic mass is 35.5. The molecule has 2 aromatic rings. The molecule has 2 rings (SSSR count). The van der Waals surface area contributed by atoms with Gasteiger partial charge < -0.3 is 0 Å². The Hall–Kier alpha value is -2.49. The van der Waals surface area contributed by atoms with Crippen molar-refractivity contribution in [2.24, 2.45) is 0 Å². The Labute approximate surface area is 211 Å². The summed E-state index contributed by atoms with van der Waals surface area (Å²) in [5.74, 6) is -1.71. The fraction of sp³-hybridized carbons (Fsp3) is 0.300. The van der Waals surface area contributed by atoms with E-state index in [0.29, 0.717) is 5.02 Å². The Morgan fingerprint density at radius 3 is 1.94 bits per heavy atom. The molecule has 198 valence electrons. The van der Waals surface area contributed by atoms with Gasteiger partial charge in [-0.25, -0.2) is 8.42 Å². The van der Waals surface area contributed by atoms with Crippen LogP contribution in [0.2, 0.25) is 5.02 Å². The number of alkyl halides is 6. The maximum absolute atomic E-state index is 13.1. The number of nitrogens with one attached hydrogen (secondary N) is 3. The molecule has 0 aliphatic carbocycles. The Morgan fingerprint density at radius 1 is 0.944 bits per heavy atom. The van der Waals surface area contributed by atoms with E-state index in [2.05, 4.69) is 0 Å². The van der Waals surface area contributed by atoms with Crippen molar-refractivity contribution >= 4 is 45.2 Å². The van der Waals surface area contributed by atoms with Crippen molar-refractivity contribution in [3.63, 3.8) is 0 Å². The van der Waals surface area contributed by atoms with E-state index in [-0.39, 0.29) is 35.9 Å². The van der Waals surface area contributed by atoms with E-state index in [4.69, 9.17) is 11.6 Å². The third-order valence-electron chi connectivity index (χ3n) is 4.50. The molecule has 0 heterocycles. The van der Waals surface area contributed by atoms with E-state index >= 15 is 0 Å². The third-order valence-corrected chi connectivity index (χ3v) is 6.85. The van der Waals surface area contributed by atoms with Gasteiger partial charge in [-0.1, -0.05) is 11.6 Å². The summed E-state index contributed by atoms with van der Waals surface area (Å²) in [4.78, 5) is 23.4. The van der Waals surface area contributed by atoms with Crippen LogP contribution in [0.15, 0.2) is 47.4 Å². The van der Waals surface area contributed by atoms with Crippen molar-refractivity contribution in [1.29, 1.82) is 0 Å². The van der Waals surface area contributed by atoms with Gasteiger partial charge in [0.1, 0.15) is 6.04 Å². The molecular weight excluding hydrogens is 560 g/mol. The lowest BCUT2D eigenvalue weighted by atomic mass is 10.1. The third kappa shape index (κ3) is 8.28. The number of hydrazine groups is 1. The van der Waals surface area contributed by atoms with Crippen LogP contribution in [0.3, 0.4) is 0 Å². The van der Waals surface area contributed by atoms with Crippen molar-refractivity contribution in [1.82, 2.24) is 15.6 Å². The van der Waals surface area contributed by atoms with Crippen LogP contribution in [0.5, 0.6) is 0 Å². The molecule has 7 nitrogen and oxygen atoms in total. The van der Waals surface area contributed by atoms with Gasteiger partial charge in [0.2, 0.25) is 10.0 Å². The molecule has 2 amide bonds. The zero-order valence-electron chi connectivity index (χ0n) is 18.1. The molecule has 0 radical (unpaired) electrons. The van der Waals surface area contributed by atoms with E-state index in [9.17, 15) is 44.3 Å². The first-order chi connectivity index (χ1) is 16.5. The van der Waals surface area contributed by atoms with Crippen LogP contribution >= 0.6 is 23.4 Å². The summed E-state index contributed by atoms with van der Waals surface area (Å²) in [6, 6.07) is 3.68. The summed E-state index contributed by atoms with van der Waals surface area (Å²) in [6.45, 7) is 0. The van der Waals surface area contributed by atoms with Crippen molar-refractivity contribution in [3.05, 3.63) is 64.2 Å². The quantitative estimate of drug-likeness (QED) is 0.322. The number of benzene rings is 2. The van der Waals surface area contributed by atoms with Gasteiger partial charge in [0, 0.05) is 10.6 Å². The van der Waals surface area contributed by atoms with Crippen molar-refractivity contribution in [2.45, 2.75) is 29.7 Å². The molecule has 0 spiro atoms. The first kappa shape index (κ1) is 29.7. The van der Waals surface area contributed by atoms with Crippen molar-refractivity contribution < 1.29 is 44.3 Å². The van der Waals surface area contributed by atoms with Crippen LogP contribution < -0.4 is 15.6 Å². The second-order valence-electron chi connectivity index (χ2n) is 7.15. The molecule has 0 unspecified atom stereocenters. The summed E-state index contributed by atoms with van der Waals surface area (Å²) in [5.41, 5.74) is 0.437. The second kappa shape index (κ2) is 11.7. The highest BCUT2D eigenvalue weighted by molar-refractivity contribution is 7.98. The molecule has 0 saturated heterocycles. The van der Waals surface area contributed by atoms with Gasteiger partial charge >= 0.3 is 12.4 Å². The van der Waals surface area contributed by atoms with E-state index < -0.39 is 56.3 Å². The zero-order valence-corrected chi connectivity index (χ0v) is 20.5. The zero-order chi connectivity index (χ0) is 27.3. The Bertz CT molecular complexity index is 1170. The number of carbonyl (C=O) groups excluding carboxylic acids is 2. The van der Waals surface area contributed by atoms with E-state index in [1.165, 1.54) is 36.0 Å². The van der Waals surface area contributed by atoms with Gasteiger partial charge in [-0.2, -0.15) is 42.8 Å². The number of hydrogen-bond donors (Lipinski definition) is 3. The molecule has 0 saturated carbocycles. The number of hydrogen-bond acceptors (Lipinski definition) is 5. The normalized spacial score (nSPS) is 13.2. The molecule has 2 aromatic carbocycles. The summed E-state index contributed by atoms with van der Waals surface area (Å²) >= 11 is 6.91. The van der Waals surface area contributed by atoms with Crippen LogP contribution in [0.4, 0.5) is 26.3 Å². The minimum atomic E-state index is -5.27. The monoisotopic (exact) mass is 577 g/mol. The first-order valence-corrected chi connectivity index (χ1v) is 13.0. The van der Waals surface area contributed by atoms with E-state index in [0.717, 1.165) is 0 Å². The molecule has 0 aliphatic rings. The molecule has 3 N–H and O–H groups in total. The molecule has 16 heteroatoms. The molecule has 1 atom stereocenters. The van der Waals surface area contributed by atoms with Crippen LogP contribution in [-0.4, -0.2) is 38.3 Å². The van der Waals surface area contributed by atoms with E-state index in [1.54, 1.807) is 6.26 Å². The fourth-order valence-corrected chi connectivity index (χ4v) is 4.59. The van der Waals surface area contributed by atoms with Gasteiger partial charge in [0.25, 0.3) is 11.8 Å². The van der Waals surface area contributed by atoms with E-state index in [1.807, 2.05) is 15.6 Å². The minimum absolute atomic E-state index is 0.0312. The lowest BCUT2D eigenvalue weighted by Gasteiger charge is -2.20. The van der Waals surface area contributed by atoms with Crippen molar-refractivity contribution in [2.75, 3.05) is 12.0 Å². The maximum Gasteiger partial charge on any atom is 0.416 e. The van der Waals surface area contributed by atoms with Gasteiger partial charge in [0.15, 0.2) is 0 Å². The summed E-state index contributed by atoms with van der Waals surface area (Å²) in [5, 5.41) is 0.338. The van der Waals surface area contributed by atoms with Crippen molar-refractivity contribution in [3.8, 4) is 0 Å². The van der Waals surface area contributed by atoms with Gasteiger partial charge in [-0.3, -0.25) is 20.4 Å². The van der Waals surface area contributed by atoms with Crippen LogP contribution in [0.25, 0.3) is 0 Å². The van der Waals surface area contributed by atoms with Crippen LogP contribution in [-0.2, 0) is 27.2 Å². The largest absolute Gasteiger partial charge is 0.416 e. The predicted molar refractivity (Wildman–Crippen MR) is 121 cm³/mol. The predicted octanol–water partition coefficient (Wildman–Crippen LogP) is 4.24. The van der Waals surface area contributed by atoms with Crippen LogP contribution in [0, 0.1) is 0 Å². The first-order valence-electron chi connectivity index (χ1n) is 9.71. The number of halogens is 7. The number of carbonyl (C=O) groups is 2. The minimum Gasteiger partial charge on any atom is -0.271 e. The molecule has 36 heavy (non-hydrogen) atoms. The van der Waals surface area contributed by atoms with Gasteiger partial charge in [0.05, 0.1) is 16.0 Å². The SMILES string of the molecule is CSCC[C@@H](NS(=O)(=O)c1cc(C(F)(F)F)cc(C(F)(F)F)c1)C(=O)NNC(=O)c1ccc(Cl)cc1. The highest BCUT2D eigenvalue weighted by Gasteiger charge is 2.39. The Kier molecular flexibility index (Phi) is 9.67. The lowest BCUT2D eigenvalue weighted by molar-refractivity contribution is -0.143. The lowest BCUT2D eigenvalue weighted by Crippen LogP contribution is -2.52. The Morgan fingerprint density at radius 2 is 1.47 bits per heavy atom. The molecular formula is C20H18ClF6N3O4S2. The smallest absolute Gasteiger partial charge is 0.271 e. The standard InChI is InChI=1S/C20H18ClF6N3O4S2/c1-35-7-6-16(18(32)29-28-17(31)11-2-4-14(21)5-3-11)30-36(33,34)15-9-12(19(22,23)24)8-13(10-15)20(25,26)27/h2-5,8-10,16,30H,6-7H2,1H3,(H,28,31)(H,29,32)/t16-/m1/s1. The van der Waals surface area contributed by atoms with Crippen LogP contribution in [0.1, 0.15) is 27.9 Å². The second-order valence-corrected chi connectivity index (χ2v) is 10.3.